The molecule has 14 heavy (non-hydrogen) atoms. The molecule has 2 nitrogen and oxygen atoms in total. The Hall–Kier alpha value is -1.01. The molecular weight excluding hydrogens is 240 g/mol. The van der Waals surface area contributed by atoms with Gasteiger partial charge in [-0.25, -0.2) is 0 Å². The molecule has 1 rings (SSSR count). The Morgan fingerprint density at radius 3 is 2.79 bits per heavy atom. The first-order chi connectivity index (χ1) is 6.67. The minimum atomic E-state index is -0.102. The molecule has 0 spiro atoms. The molecular formula is C11H13BrN2. The predicted molar refractivity (Wildman–Crippen MR) is 62.2 cm³/mol. The van der Waals surface area contributed by atoms with Crippen molar-refractivity contribution in [3.05, 3.63) is 28.2 Å². The Balaban J connectivity index is 2.82. The van der Waals surface area contributed by atoms with Crippen molar-refractivity contribution in [3.8, 4) is 6.07 Å². The molecule has 1 aromatic carbocycles. The quantitative estimate of drug-likeness (QED) is 0.895. The van der Waals surface area contributed by atoms with Crippen LogP contribution in [0.2, 0.25) is 0 Å². The molecule has 0 saturated heterocycles. The maximum Gasteiger partial charge on any atom is 0.114 e. The van der Waals surface area contributed by atoms with Gasteiger partial charge in [-0.05, 0) is 37.1 Å². The van der Waals surface area contributed by atoms with Crippen LogP contribution in [0.15, 0.2) is 22.7 Å². The normalized spacial score (nSPS) is 11.9. The summed E-state index contributed by atoms with van der Waals surface area (Å²) < 4.78 is 1.06. The SMILES string of the molecule is CCC(C#N)Nc1ccc(Br)cc1C. The highest BCUT2D eigenvalue weighted by Gasteiger charge is 2.05. The lowest BCUT2D eigenvalue weighted by molar-refractivity contribution is 0.844. The number of hydrogen-bond donors (Lipinski definition) is 1. The molecule has 0 fully saturated rings. The summed E-state index contributed by atoms with van der Waals surface area (Å²) in [5.41, 5.74) is 2.18. The summed E-state index contributed by atoms with van der Waals surface area (Å²) in [5.74, 6) is 0. The van der Waals surface area contributed by atoms with Gasteiger partial charge in [0.2, 0.25) is 0 Å². The summed E-state index contributed by atoms with van der Waals surface area (Å²) in [6, 6.07) is 8.11. The highest BCUT2D eigenvalue weighted by atomic mass is 79.9. The molecule has 1 aromatic rings. The predicted octanol–water partition coefficient (Wildman–Crippen LogP) is 3.47. The third kappa shape index (κ3) is 2.74. The molecule has 0 radical (unpaired) electrons. The van der Waals surface area contributed by atoms with E-state index in [1.54, 1.807) is 0 Å². The van der Waals surface area contributed by atoms with Gasteiger partial charge < -0.3 is 5.32 Å². The first kappa shape index (κ1) is 11.1. The van der Waals surface area contributed by atoms with Crippen LogP contribution in [0.3, 0.4) is 0 Å². The maximum absolute atomic E-state index is 8.81. The number of hydrogen-bond acceptors (Lipinski definition) is 2. The largest absolute Gasteiger partial charge is 0.370 e. The summed E-state index contributed by atoms with van der Waals surface area (Å²) in [7, 11) is 0. The molecule has 1 N–H and O–H groups in total. The fourth-order valence-electron chi connectivity index (χ4n) is 1.20. The van der Waals surface area contributed by atoms with E-state index >= 15 is 0 Å². The molecule has 0 saturated carbocycles. The molecule has 1 unspecified atom stereocenters. The van der Waals surface area contributed by atoms with Crippen molar-refractivity contribution in [2.75, 3.05) is 5.32 Å². The van der Waals surface area contributed by atoms with E-state index in [2.05, 4.69) is 27.3 Å². The van der Waals surface area contributed by atoms with E-state index in [-0.39, 0.29) is 6.04 Å². The number of anilines is 1. The van der Waals surface area contributed by atoms with E-state index in [9.17, 15) is 0 Å². The molecule has 0 amide bonds. The van der Waals surface area contributed by atoms with Crippen molar-refractivity contribution in [2.24, 2.45) is 0 Å². The molecule has 1 atom stereocenters. The van der Waals surface area contributed by atoms with Crippen LogP contribution < -0.4 is 5.32 Å². The van der Waals surface area contributed by atoms with E-state index in [0.717, 1.165) is 22.1 Å². The molecule has 0 aliphatic heterocycles. The molecule has 3 heteroatoms. The van der Waals surface area contributed by atoms with Crippen LogP contribution in [-0.2, 0) is 0 Å². The first-order valence-electron chi connectivity index (χ1n) is 4.59. The Bertz CT molecular complexity index is 355. The van der Waals surface area contributed by atoms with Crippen LogP contribution >= 0.6 is 15.9 Å². The number of benzene rings is 1. The van der Waals surface area contributed by atoms with Crippen molar-refractivity contribution >= 4 is 21.6 Å². The van der Waals surface area contributed by atoms with Crippen LogP contribution in [0.25, 0.3) is 0 Å². The van der Waals surface area contributed by atoms with Crippen molar-refractivity contribution < 1.29 is 0 Å². The average Bonchev–Trinajstić information content (AvgIpc) is 2.17. The number of rotatable bonds is 3. The second kappa shape index (κ2) is 5.02. The fraction of sp³-hybridized carbons (Fsp3) is 0.364. The molecule has 0 aliphatic carbocycles. The van der Waals surface area contributed by atoms with Gasteiger partial charge in [0, 0.05) is 10.2 Å². The van der Waals surface area contributed by atoms with Crippen LogP contribution in [0.4, 0.5) is 5.69 Å². The average molecular weight is 253 g/mol. The van der Waals surface area contributed by atoms with Crippen molar-refractivity contribution in [2.45, 2.75) is 26.3 Å². The minimum Gasteiger partial charge on any atom is -0.370 e. The van der Waals surface area contributed by atoms with Crippen LogP contribution in [0, 0.1) is 18.3 Å². The van der Waals surface area contributed by atoms with Gasteiger partial charge >= 0.3 is 0 Å². The molecule has 0 bridgehead atoms. The summed E-state index contributed by atoms with van der Waals surface area (Å²) in [6.07, 6.45) is 0.812. The number of nitrogens with one attached hydrogen (secondary N) is 1. The number of nitriles is 1. The zero-order valence-corrected chi connectivity index (χ0v) is 9.93. The molecule has 0 heterocycles. The van der Waals surface area contributed by atoms with E-state index in [1.165, 1.54) is 0 Å². The van der Waals surface area contributed by atoms with E-state index < -0.39 is 0 Å². The third-order valence-electron chi connectivity index (χ3n) is 2.08. The van der Waals surface area contributed by atoms with Gasteiger partial charge in [0.05, 0.1) is 6.07 Å². The Kier molecular flexibility index (Phi) is 3.97. The highest BCUT2D eigenvalue weighted by Crippen LogP contribution is 2.20. The number of halogens is 1. The van der Waals surface area contributed by atoms with Gasteiger partial charge in [-0.15, -0.1) is 0 Å². The van der Waals surface area contributed by atoms with Gasteiger partial charge in [0.25, 0.3) is 0 Å². The van der Waals surface area contributed by atoms with Gasteiger partial charge in [0.15, 0.2) is 0 Å². The van der Waals surface area contributed by atoms with E-state index in [0.29, 0.717) is 0 Å². The van der Waals surface area contributed by atoms with E-state index in [1.807, 2.05) is 32.0 Å². The Morgan fingerprint density at radius 2 is 2.29 bits per heavy atom. The second-order valence-electron chi connectivity index (χ2n) is 3.19. The molecule has 0 aliphatic rings. The van der Waals surface area contributed by atoms with Gasteiger partial charge in [0.1, 0.15) is 6.04 Å². The highest BCUT2D eigenvalue weighted by molar-refractivity contribution is 9.10. The summed E-state index contributed by atoms with van der Waals surface area (Å²) in [4.78, 5) is 0. The summed E-state index contributed by atoms with van der Waals surface area (Å²) in [5, 5.41) is 12.0. The summed E-state index contributed by atoms with van der Waals surface area (Å²) >= 11 is 3.40. The minimum absolute atomic E-state index is 0.102. The number of nitrogens with zero attached hydrogens (tertiary/aromatic N) is 1. The van der Waals surface area contributed by atoms with E-state index in [4.69, 9.17) is 5.26 Å². The monoisotopic (exact) mass is 252 g/mol. The van der Waals surface area contributed by atoms with Crippen molar-refractivity contribution in [1.29, 1.82) is 5.26 Å². The van der Waals surface area contributed by atoms with Gasteiger partial charge in [-0.3, -0.25) is 0 Å². The lowest BCUT2D eigenvalue weighted by Crippen LogP contribution is -2.16. The third-order valence-corrected chi connectivity index (χ3v) is 2.58. The second-order valence-corrected chi connectivity index (χ2v) is 4.11. The topological polar surface area (TPSA) is 35.8 Å². The lowest BCUT2D eigenvalue weighted by atomic mass is 10.1. The smallest absolute Gasteiger partial charge is 0.114 e. The van der Waals surface area contributed by atoms with Crippen LogP contribution in [0.5, 0.6) is 0 Å². The first-order valence-corrected chi connectivity index (χ1v) is 5.39. The Morgan fingerprint density at radius 1 is 1.57 bits per heavy atom. The Labute approximate surface area is 93.1 Å². The van der Waals surface area contributed by atoms with Crippen molar-refractivity contribution in [1.82, 2.24) is 0 Å². The molecule has 0 aromatic heterocycles. The zero-order chi connectivity index (χ0) is 10.6. The van der Waals surface area contributed by atoms with Crippen LogP contribution in [0.1, 0.15) is 18.9 Å². The van der Waals surface area contributed by atoms with Crippen molar-refractivity contribution in [3.63, 3.8) is 0 Å². The fourth-order valence-corrected chi connectivity index (χ4v) is 1.68. The van der Waals surface area contributed by atoms with Gasteiger partial charge in [-0.1, -0.05) is 22.9 Å². The standard InChI is InChI=1S/C11H13BrN2/c1-3-10(7-13)14-11-5-4-9(12)6-8(11)2/h4-6,10,14H,3H2,1-2H3. The molecule has 74 valence electrons. The maximum atomic E-state index is 8.81. The van der Waals surface area contributed by atoms with Crippen LogP contribution in [-0.4, -0.2) is 6.04 Å². The summed E-state index contributed by atoms with van der Waals surface area (Å²) in [6.45, 7) is 4.02. The lowest BCUT2D eigenvalue weighted by Gasteiger charge is -2.13. The van der Waals surface area contributed by atoms with Gasteiger partial charge in [-0.2, -0.15) is 5.26 Å². The number of aryl methyl sites for hydroxylation is 1. The zero-order valence-electron chi connectivity index (χ0n) is 8.34.